The number of nitrogens with zero attached hydrogens (tertiary/aromatic N) is 2. The van der Waals surface area contributed by atoms with E-state index in [0.29, 0.717) is 12.2 Å². The zero-order valence-electron chi connectivity index (χ0n) is 7.23. The van der Waals surface area contributed by atoms with Crippen LogP contribution in [0.1, 0.15) is 16.9 Å². The number of rotatable bonds is 1. The summed E-state index contributed by atoms with van der Waals surface area (Å²) >= 11 is 0. The molecular weight excluding hydrogens is 168 g/mol. The molecule has 0 aliphatic carbocycles. The normalized spacial score (nSPS) is 22.2. The maximum absolute atomic E-state index is 11.7. The Kier molecular flexibility index (Phi) is 2.02. The molecule has 13 heavy (non-hydrogen) atoms. The molecule has 0 aromatic carbocycles. The van der Waals surface area contributed by atoms with Gasteiger partial charge >= 0.3 is 0 Å². The highest BCUT2D eigenvalue weighted by Gasteiger charge is 2.24. The lowest BCUT2D eigenvalue weighted by atomic mass is 10.3. The number of carbonyl (C=O) groups excluding carboxylic acids is 1. The average Bonchev–Trinajstić information content (AvgIpc) is 2.72. The average molecular weight is 180 g/mol. The van der Waals surface area contributed by atoms with Gasteiger partial charge in [0.25, 0.3) is 5.91 Å². The monoisotopic (exact) mass is 180 g/mol. The van der Waals surface area contributed by atoms with E-state index in [1.54, 1.807) is 17.2 Å². The predicted molar refractivity (Wildman–Crippen MR) is 47.1 cm³/mol. The minimum absolute atomic E-state index is 0.00884. The summed E-state index contributed by atoms with van der Waals surface area (Å²) in [6.45, 7) is 1.40. The van der Waals surface area contributed by atoms with Crippen molar-refractivity contribution in [3.05, 3.63) is 18.0 Å². The zero-order valence-corrected chi connectivity index (χ0v) is 7.23. The van der Waals surface area contributed by atoms with Crippen LogP contribution in [-0.2, 0) is 0 Å². The number of amides is 1. The van der Waals surface area contributed by atoms with Gasteiger partial charge in [-0.15, -0.1) is 0 Å². The molecule has 1 atom stereocenters. The van der Waals surface area contributed by atoms with E-state index in [2.05, 4.69) is 10.2 Å². The third kappa shape index (κ3) is 1.55. The molecule has 1 aromatic rings. The Bertz CT molecular complexity index is 295. The fraction of sp³-hybridized carbons (Fsp3) is 0.500. The molecule has 0 saturated carbocycles. The molecule has 1 aliphatic rings. The summed E-state index contributed by atoms with van der Waals surface area (Å²) in [6, 6.07) is 1.80. The van der Waals surface area contributed by atoms with E-state index in [1.807, 2.05) is 0 Å². The molecule has 2 heterocycles. The topological polar surface area (TPSA) is 75.0 Å². The van der Waals surface area contributed by atoms with Crippen molar-refractivity contribution in [2.75, 3.05) is 13.1 Å². The Balaban J connectivity index is 2.06. The number of hydrogen-bond donors (Lipinski definition) is 2. The van der Waals surface area contributed by atoms with Gasteiger partial charge in [-0.3, -0.25) is 9.89 Å². The number of carbonyl (C=O) groups is 1. The van der Waals surface area contributed by atoms with Crippen LogP contribution in [0.5, 0.6) is 0 Å². The highest BCUT2D eigenvalue weighted by molar-refractivity contribution is 5.92. The third-order valence-electron chi connectivity index (χ3n) is 2.24. The Morgan fingerprint density at radius 3 is 3.15 bits per heavy atom. The first-order valence-corrected chi connectivity index (χ1v) is 4.31. The fourth-order valence-corrected chi connectivity index (χ4v) is 1.52. The van der Waals surface area contributed by atoms with Gasteiger partial charge in [-0.25, -0.2) is 0 Å². The lowest BCUT2D eigenvalue weighted by Crippen LogP contribution is -2.32. The van der Waals surface area contributed by atoms with Gasteiger partial charge in [-0.2, -0.15) is 5.10 Å². The van der Waals surface area contributed by atoms with Crippen LogP contribution in [0.25, 0.3) is 0 Å². The Morgan fingerprint density at radius 1 is 1.77 bits per heavy atom. The van der Waals surface area contributed by atoms with Crippen molar-refractivity contribution in [2.45, 2.75) is 12.5 Å². The highest BCUT2D eigenvalue weighted by Crippen LogP contribution is 2.10. The minimum Gasteiger partial charge on any atom is -0.336 e. The zero-order chi connectivity index (χ0) is 9.26. The SMILES string of the molecule is N[C@H]1CCN(C(=O)c2ccn[nH]2)C1. The van der Waals surface area contributed by atoms with Crippen molar-refractivity contribution in [1.82, 2.24) is 15.1 Å². The van der Waals surface area contributed by atoms with Crippen LogP contribution >= 0.6 is 0 Å². The first kappa shape index (κ1) is 8.25. The number of H-pyrrole nitrogens is 1. The standard InChI is InChI=1S/C8H12N4O/c9-6-2-4-12(5-6)8(13)7-1-3-10-11-7/h1,3,6H,2,4-5,9H2,(H,10,11)/t6-/m0/s1. The van der Waals surface area contributed by atoms with E-state index >= 15 is 0 Å². The second-order valence-corrected chi connectivity index (χ2v) is 3.27. The first-order valence-electron chi connectivity index (χ1n) is 4.31. The molecule has 0 bridgehead atoms. The summed E-state index contributed by atoms with van der Waals surface area (Å²) in [5.74, 6) is -0.00884. The van der Waals surface area contributed by atoms with Crippen LogP contribution in [0.2, 0.25) is 0 Å². The Labute approximate surface area is 75.9 Å². The molecular formula is C8H12N4O. The molecule has 70 valence electrons. The number of aromatic nitrogens is 2. The third-order valence-corrected chi connectivity index (χ3v) is 2.24. The van der Waals surface area contributed by atoms with Crippen LogP contribution < -0.4 is 5.73 Å². The van der Waals surface area contributed by atoms with Gasteiger partial charge in [0.15, 0.2) is 0 Å². The van der Waals surface area contributed by atoms with E-state index < -0.39 is 0 Å². The van der Waals surface area contributed by atoms with Crippen molar-refractivity contribution in [3.8, 4) is 0 Å². The van der Waals surface area contributed by atoms with E-state index in [0.717, 1.165) is 13.0 Å². The van der Waals surface area contributed by atoms with Gasteiger partial charge in [0.05, 0.1) is 0 Å². The summed E-state index contributed by atoms with van der Waals surface area (Å²) in [6.07, 6.45) is 2.46. The summed E-state index contributed by atoms with van der Waals surface area (Å²) in [5, 5.41) is 6.38. The Morgan fingerprint density at radius 2 is 2.62 bits per heavy atom. The van der Waals surface area contributed by atoms with E-state index in [9.17, 15) is 4.79 Å². The molecule has 1 saturated heterocycles. The van der Waals surface area contributed by atoms with Crippen LogP contribution in [0, 0.1) is 0 Å². The number of nitrogens with two attached hydrogens (primary N) is 1. The quantitative estimate of drug-likeness (QED) is 0.616. The molecule has 0 unspecified atom stereocenters. The molecule has 0 radical (unpaired) electrons. The fourth-order valence-electron chi connectivity index (χ4n) is 1.52. The first-order chi connectivity index (χ1) is 6.27. The molecule has 1 fully saturated rings. The molecule has 1 aliphatic heterocycles. The van der Waals surface area contributed by atoms with Crippen molar-refractivity contribution in [2.24, 2.45) is 5.73 Å². The second kappa shape index (κ2) is 3.18. The van der Waals surface area contributed by atoms with Gasteiger partial charge in [0, 0.05) is 25.3 Å². The van der Waals surface area contributed by atoms with Crippen LogP contribution in [0.15, 0.2) is 12.3 Å². The van der Waals surface area contributed by atoms with Crippen molar-refractivity contribution in [1.29, 1.82) is 0 Å². The van der Waals surface area contributed by atoms with E-state index in [1.165, 1.54) is 0 Å². The lowest BCUT2D eigenvalue weighted by Gasteiger charge is -2.13. The number of hydrogen-bond acceptors (Lipinski definition) is 3. The highest BCUT2D eigenvalue weighted by atomic mass is 16.2. The molecule has 2 rings (SSSR count). The summed E-state index contributed by atoms with van der Waals surface area (Å²) in [5.41, 5.74) is 6.23. The lowest BCUT2D eigenvalue weighted by molar-refractivity contribution is 0.0785. The summed E-state index contributed by atoms with van der Waals surface area (Å²) in [7, 11) is 0. The van der Waals surface area contributed by atoms with Crippen LogP contribution in [0.4, 0.5) is 0 Å². The number of likely N-dealkylation sites (tertiary alicyclic amines) is 1. The largest absolute Gasteiger partial charge is 0.336 e. The van der Waals surface area contributed by atoms with Gasteiger partial charge < -0.3 is 10.6 Å². The molecule has 5 nitrogen and oxygen atoms in total. The van der Waals surface area contributed by atoms with Crippen LogP contribution in [-0.4, -0.2) is 40.1 Å². The van der Waals surface area contributed by atoms with E-state index in [-0.39, 0.29) is 11.9 Å². The number of nitrogens with one attached hydrogen (secondary N) is 1. The summed E-state index contributed by atoms with van der Waals surface area (Å²) < 4.78 is 0. The molecule has 1 aromatic heterocycles. The van der Waals surface area contributed by atoms with E-state index in [4.69, 9.17) is 5.73 Å². The summed E-state index contributed by atoms with van der Waals surface area (Å²) in [4.78, 5) is 13.4. The van der Waals surface area contributed by atoms with Gasteiger partial charge in [-0.1, -0.05) is 0 Å². The van der Waals surface area contributed by atoms with Crippen molar-refractivity contribution < 1.29 is 4.79 Å². The molecule has 3 N–H and O–H groups in total. The minimum atomic E-state index is -0.00884. The maximum atomic E-state index is 11.7. The van der Waals surface area contributed by atoms with Crippen LogP contribution in [0.3, 0.4) is 0 Å². The van der Waals surface area contributed by atoms with Gasteiger partial charge in [-0.05, 0) is 12.5 Å². The smallest absolute Gasteiger partial charge is 0.271 e. The molecule has 5 heteroatoms. The van der Waals surface area contributed by atoms with Gasteiger partial charge in [0.1, 0.15) is 5.69 Å². The predicted octanol–water partition coefficient (Wildman–Crippen LogP) is -0.417. The molecule has 0 spiro atoms. The van der Waals surface area contributed by atoms with Crippen molar-refractivity contribution >= 4 is 5.91 Å². The number of aromatic amines is 1. The second-order valence-electron chi connectivity index (χ2n) is 3.27. The maximum Gasteiger partial charge on any atom is 0.271 e. The Hall–Kier alpha value is -1.36. The van der Waals surface area contributed by atoms with Gasteiger partial charge in [0.2, 0.25) is 0 Å². The van der Waals surface area contributed by atoms with Crippen molar-refractivity contribution in [3.63, 3.8) is 0 Å². The molecule has 1 amide bonds.